The van der Waals surface area contributed by atoms with Gasteiger partial charge in [0.15, 0.2) is 0 Å². The van der Waals surface area contributed by atoms with Crippen molar-refractivity contribution >= 4 is 11.0 Å². The van der Waals surface area contributed by atoms with Gasteiger partial charge in [-0.3, -0.25) is 0 Å². The van der Waals surface area contributed by atoms with Crippen molar-refractivity contribution in [2.75, 3.05) is 6.54 Å². The van der Waals surface area contributed by atoms with Gasteiger partial charge in [0.2, 0.25) is 0 Å². The Morgan fingerprint density at radius 1 is 1.19 bits per heavy atom. The lowest BCUT2D eigenvalue weighted by atomic mass is 10.0. The molecule has 0 fully saturated rings. The van der Waals surface area contributed by atoms with Gasteiger partial charge in [-0.25, -0.2) is 4.98 Å². The highest BCUT2D eigenvalue weighted by Gasteiger charge is 2.31. The maximum atomic E-state index is 12.9. The average molecular weight is 359 g/mol. The van der Waals surface area contributed by atoms with Crippen molar-refractivity contribution in [1.29, 1.82) is 0 Å². The lowest BCUT2D eigenvalue weighted by molar-refractivity contribution is -0.137. The zero-order valence-corrected chi connectivity index (χ0v) is 14.5. The third-order valence-electron chi connectivity index (χ3n) is 5.23. The molecule has 4 rings (SSSR count). The lowest BCUT2D eigenvalue weighted by Crippen LogP contribution is -2.21. The molecule has 1 unspecified atom stereocenters. The van der Waals surface area contributed by atoms with Crippen LogP contribution in [0.5, 0.6) is 0 Å². The molecule has 6 heteroatoms. The first-order chi connectivity index (χ1) is 12.4. The second kappa shape index (κ2) is 6.43. The second-order valence-electron chi connectivity index (χ2n) is 6.85. The molecule has 3 nitrogen and oxygen atoms in total. The summed E-state index contributed by atoms with van der Waals surface area (Å²) in [4.78, 5) is 4.40. The van der Waals surface area contributed by atoms with Crippen LogP contribution >= 0.6 is 0 Å². The number of fused-ring (bicyclic) bond motifs is 2. The highest BCUT2D eigenvalue weighted by Crippen LogP contribution is 2.33. The van der Waals surface area contributed by atoms with E-state index in [2.05, 4.69) is 34.6 Å². The number of imidazole rings is 1. The third kappa shape index (κ3) is 3.09. The van der Waals surface area contributed by atoms with Gasteiger partial charge in [0.25, 0.3) is 0 Å². The van der Waals surface area contributed by atoms with Crippen molar-refractivity contribution in [2.45, 2.75) is 31.5 Å². The number of nitrogens with zero attached hydrogens (tertiary/aromatic N) is 2. The van der Waals surface area contributed by atoms with Gasteiger partial charge in [0.05, 0.1) is 23.1 Å². The van der Waals surface area contributed by atoms with Crippen LogP contribution in [0.15, 0.2) is 42.5 Å². The Balaban J connectivity index is 1.47. The quantitative estimate of drug-likeness (QED) is 0.748. The van der Waals surface area contributed by atoms with E-state index < -0.39 is 11.7 Å². The topological polar surface area (TPSA) is 29.9 Å². The van der Waals surface area contributed by atoms with Crippen LogP contribution in [-0.4, -0.2) is 16.1 Å². The molecule has 0 saturated carbocycles. The largest absolute Gasteiger partial charge is 0.416 e. The summed E-state index contributed by atoms with van der Waals surface area (Å²) in [6.45, 7) is 1.37. The molecule has 26 heavy (non-hydrogen) atoms. The molecule has 1 aliphatic carbocycles. The Bertz CT molecular complexity index is 943. The number of hydrogen-bond acceptors (Lipinski definition) is 2. The molecule has 1 aromatic heterocycles. The summed E-state index contributed by atoms with van der Waals surface area (Å²) >= 11 is 0. The monoisotopic (exact) mass is 359 g/mol. The first-order valence-electron chi connectivity index (χ1n) is 8.74. The van der Waals surface area contributed by atoms with E-state index in [0.717, 1.165) is 37.3 Å². The summed E-state index contributed by atoms with van der Waals surface area (Å²) in [6.07, 6.45) is -2.11. The summed E-state index contributed by atoms with van der Waals surface area (Å²) in [5.41, 5.74) is 3.25. The Morgan fingerprint density at radius 2 is 2.00 bits per heavy atom. The zero-order chi connectivity index (χ0) is 18.3. The predicted molar refractivity (Wildman–Crippen MR) is 94.9 cm³/mol. The van der Waals surface area contributed by atoms with E-state index in [1.807, 2.05) is 11.6 Å². The maximum absolute atomic E-state index is 12.9. The molecule has 2 aromatic carbocycles. The van der Waals surface area contributed by atoms with Gasteiger partial charge >= 0.3 is 6.18 Å². The number of hydrogen-bond donors (Lipinski definition) is 1. The van der Waals surface area contributed by atoms with Crippen LogP contribution < -0.4 is 5.32 Å². The number of rotatable bonds is 4. The Hall–Kier alpha value is -2.34. The molecule has 0 amide bonds. The standard InChI is InChI=1S/C20H20F3N3/c1-26-18-9-8-15(20(21,22)23)10-17(18)25-19(26)12-24-11-14-7-6-13-4-2-3-5-16(13)14/h2-5,8-10,14,24H,6-7,11-12H2,1H3. The van der Waals surface area contributed by atoms with E-state index in [-0.39, 0.29) is 0 Å². The van der Waals surface area contributed by atoms with E-state index in [1.165, 1.54) is 17.2 Å². The maximum Gasteiger partial charge on any atom is 0.416 e. The van der Waals surface area contributed by atoms with Crippen LogP contribution in [0.25, 0.3) is 11.0 Å². The van der Waals surface area contributed by atoms with Crippen LogP contribution in [0.3, 0.4) is 0 Å². The molecule has 0 bridgehead atoms. The molecular formula is C20H20F3N3. The fourth-order valence-corrected chi connectivity index (χ4v) is 3.80. The molecule has 3 aromatic rings. The number of nitrogens with one attached hydrogen (secondary N) is 1. The molecule has 1 atom stereocenters. The SMILES string of the molecule is Cn1c(CNCC2CCc3ccccc32)nc2cc(C(F)(F)F)ccc21. The minimum Gasteiger partial charge on any atom is -0.330 e. The first-order valence-corrected chi connectivity index (χ1v) is 8.74. The van der Waals surface area contributed by atoms with Crippen molar-refractivity contribution in [3.05, 3.63) is 65.0 Å². The molecule has 1 aliphatic rings. The molecule has 0 saturated heterocycles. The Morgan fingerprint density at radius 3 is 2.81 bits per heavy atom. The van der Waals surface area contributed by atoms with Gasteiger partial charge in [-0.1, -0.05) is 24.3 Å². The van der Waals surface area contributed by atoms with Gasteiger partial charge in [0, 0.05) is 13.6 Å². The van der Waals surface area contributed by atoms with Crippen molar-refractivity contribution < 1.29 is 13.2 Å². The molecule has 1 N–H and O–H groups in total. The number of benzene rings is 2. The molecule has 1 heterocycles. The molecule has 136 valence electrons. The summed E-state index contributed by atoms with van der Waals surface area (Å²) in [5, 5.41) is 3.43. The van der Waals surface area contributed by atoms with Gasteiger partial charge in [-0.05, 0) is 48.1 Å². The second-order valence-corrected chi connectivity index (χ2v) is 6.85. The summed E-state index contributed by atoms with van der Waals surface area (Å²) in [7, 11) is 1.84. The van der Waals surface area contributed by atoms with Gasteiger partial charge in [0.1, 0.15) is 5.82 Å². The highest BCUT2D eigenvalue weighted by atomic mass is 19.4. The van der Waals surface area contributed by atoms with E-state index >= 15 is 0 Å². The minimum absolute atomic E-state index is 0.380. The number of aryl methyl sites for hydroxylation is 2. The summed E-state index contributed by atoms with van der Waals surface area (Å²) in [6, 6.07) is 12.2. The number of aromatic nitrogens is 2. The van der Waals surface area contributed by atoms with Gasteiger partial charge < -0.3 is 9.88 Å². The Labute approximate surface area is 149 Å². The molecule has 0 radical (unpaired) electrons. The smallest absolute Gasteiger partial charge is 0.330 e. The molecule has 0 aliphatic heterocycles. The van der Waals surface area contributed by atoms with E-state index in [4.69, 9.17) is 0 Å². The molecular weight excluding hydrogens is 339 g/mol. The van der Waals surface area contributed by atoms with Crippen LogP contribution in [0.4, 0.5) is 13.2 Å². The first kappa shape index (κ1) is 17.1. The normalized spacial score (nSPS) is 17.0. The van der Waals surface area contributed by atoms with Crippen LogP contribution in [0.2, 0.25) is 0 Å². The van der Waals surface area contributed by atoms with E-state index in [1.54, 1.807) is 0 Å². The zero-order valence-electron chi connectivity index (χ0n) is 14.5. The molecule has 0 spiro atoms. The highest BCUT2D eigenvalue weighted by molar-refractivity contribution is 5.77. The van der Waals surface area contributed by atoms with Crippen LogP contribution in [0, 0.1) is 0 Å². The number of alkyl halides is 3. The number of halogens is 3. The minimum atomic E-state index is -4.35. The predicted octanol–water partition coefficient (Wildman–Crippen LogP) is 4.41. The average Bonchev–Trinajstić information content (AvgIpc) is 3.16. The van der Waals surface area contributed by atoms with E-state index in [0.29, 0.717) is 23.5 Å². The summed E-state index contributed by atoms with van der Waals surface area (Å²) < 4.78 is 40.5. The van der Waals surface area contributed by atoms with Crippen molar-refractivity contribution in [3.63, 3.8) is 0 Å². The van der Waals surface area contributed by atoms with Crippen molar-refractivity contribution in [1.82, 2.24) is 14.9 Å². The lowest BCUT2D eigenvalue weighted by Gasteiger charge is -2.12. The van der Waals surface area contributed by atoms with Crippen LogP contribution in [0.1, 0.15) is 34.9 Å². The van der Waals surface area contributed by atoms with Crippen molar-refractivity contribution in [3.8, 4) is 0 Å². The fourth-order valence-electron chi connectivity index (χ4n) is 3.80. The van der Waals surface area contributed by atoms with Crippen LogP contribution in [-0.2, 0) is 26.2 Å². The Kier molecular flexibility index (Phi) is 4.23. The van der Waals surface area contributed by atoms with Gasteiger partial charge in [-0.15, -0.1) is 0 Å². The third-order valence-corrected chi connectivity index (χ3v) is 5.23. The van der Waals surface area contributed by atoms with Crippen molar-refractivity contribution in [2.24, 2.45) is 7.05 Å². The van der Waals surface area contributed by atoms with Gasteiger partial charge in [-0.2, -0.15) is 13.2 Å². The van der Waals surface area contributed by atoms with E-state index in [9.17, 15) is 13.2 Å². The summed E-state index contributed by atoms with van der Waals surface area (Å²) in [5.74, 6) is 1.23. The fraction of sp³-hybridized carbons (Fsp3) is 0.350.